The molecule has 0 unspecified atom stereocenters. The number of carbonyl (C=O) groups is 2. The molecule has 1 aliphatic heterocycles. The van der Waals surface area contributed by atoms with Gasteiger partial charge in [-0.25, -0.2) is 4.79 Å². The fourth-order valence-electron chi connectivity index (χ4n) is 3.51. The van der Waals surface area contributed by atoms with Gasteiger partial charge in [-0.05, 0) is 31.2 Å². The van der Waals surface area contributed by atoms with Crippen molar-refractivity contribution in [1.29, 1.82) is 0 Å². The molecule has 102 valence electrons. The normalized spacial score (nSPS) is 30.1. The Morgan fingerprint density at radius 3 is 2.79 bits per heavy atom. The molecule has 0 spiro atoms. The predicted octanol–water partition coefficient (Wildman–Crippen LogP) is 2.14. The molecule has 0 aromatic carbocycles. The average Bonchev–Trinajstić information content (AvgIpc) is 3.05. The van der Waals surface area contributed by atoms with Crippen LogP contribution < -0.4 is 0 Å². The molecule has 1 aliphatic carbocycles. The Hall–Kier alpha value is -1.78. The highest BCUT2D eigenvalue weighted by Crippen LogP contribution is 2.40. The Morgan fingerprint density at radius 2 is 2.11 bits per heavy atom. The molecule has 1 amide bonds. The fraction of sp³-hybridized carbons (Fsp3) is 0.571. The SMILES string of the molecule is O=C(O)[C@@H]1C[C@@H]2CCCC[C@@H]2N1C(=O)c1ccoc1. The molecule has 1 N–H and O–H groups in total. The van der Waals surface area contributed by atoms with Crippen LogP contribution in [-0.4, -0.2) is 34.0 Å². The minimum atomic E-state index is -0.897. The maximum atomic E-state index is 12.5. The summed E-state index contributed by atoms with van der Waals surface area (Å²) >= 11 is 0. The minimum Gasteiger partial charge on any atom is -0.480 e. The third kappa shape index (κ3) is 2.03. The van der Waals surface area contributed by atoms with E-state index in [-0.39, 0.29) is 11.9 Å². The molecule has 3 atom stereocenters. The number of carboxylic acids is 1. The summed E-state index contributed by atoms with van der Waals surface area (Å²) in [6.07, 6.45) is 7.57. The van der Waals surface area contributed by atoms with E-state index in [1.165, 1.54) is 12.5 Å². The number of fused-ring (bicyclic) bond motifs is 1. The highest BCUT2D eigenvalue weighted by Gasteiger charge is 2.47. The summed E-state index contributed by atoms with van der Waals surface area (Å²) in [5, 5.41) is 9.36. The van der Waals surface area contributed by atoms with Crippen molar-refractivity contribution in [3.05, 3.63) is 24.2 Å². The smallest absolute Gasteiger partial charge is 0.326 e. The Balaban J connectivity index is 1.90. The van der Waals surface area contributed by atoms with Crippen LogP contribution in [0.5, 0.6) is 0 Å². The lowest BCUT2D eigenvalue weighted by Crippen LogP contribution is -2.46. The van der Waals surface area contributed by atoms with Gasteiger partial charge in [0.2, 0.25) is 0 Å². The number of rotatable bonds is 2. The van der Waals surface area contributed by atoms with E-state index in [1.807, 2.05) is 0 Å². The predicted molar refractivity (Wildman–Crippen MR) is 66.7 cm³/mol. The monoisotopic (exact) mass is 263 g/mol. The van der Waals surface area contributed by atoms with Crippen LogP contribution in [0.15, 0.2) is 23.0 Å². The molecule has 1 saturated heterocycles. The van der Waals surface area contributed by atoms with Gasteiger partial charge in [-0.3, -0.25) is 4.79 Å². The number of carbonyl (C=O) groups excluding carboxylic acids is 1. The largest absolute Gasteiger partial charge is 0.480 e. The minimum absolute atomic E-state index is 0.0808. The lowest BCUT2D eigenvalue weighted by Gasteiger charge is -2.32. The molecule has 5 nitrogen and oxygen atoms in total. The topological polar surface area (TPSA) is 70.8 Å². The fourth-order valence-corrected chi connectivity index (χ4v) is 3.51. The van der Waals surface area contributed by atoms with Crippen molar-refractivity contribution in [2.75, 3.05) is 0 Å². The summed E-state index contributed by atoms with van der Waals surface area (Å²) in [6, 6.07) is 0.991. The Labute approximate surface area is 111 Å². The molecular formula is C14H17NO4. The number of nitrogens with zero attached hydrogens (tertiary/aromatic N) is 1. The Morgan fingerprint density at radius 1 is 1.32 bits per heavy atom. The summed E-state index contributed by atoms with van der Waals surface area (Å²) in [5.74, 6) is -0.771. The van der Waals surface area contributed by atoms with Crippen molar-refractivity contribution in [2.24, 2.45) is 5.92 Å². The average molecular weight is 263 g/mol. The van der Waals surface area contributed by atoms with E-state index in [4.69, 9.17) is 4.42 Å². The number of amides is 1. The highest BCUT2D eigenvalue weighted by atomic mass is 16.4. The first-order chi connectivity index (χ1) is 9.18. The molecule has 2 fully saturated rings. The van der Waals surface area contributed by atoms with Crippen molar-refractivity contribution in [2.45, 2.75) is 44.2 Å². The molecule has 5 heteroatoms. The third-order valence-corrected chi connectivity index (χ3v) is 4.38. The standard InChI is InChI=1S/C14H17NO4/c16-13(10-5-6-19-8-10)15-11-4-2-1-3-9(11)7-12(15)14(17)18/h5-6,8-9,11-12H,1-4,7H2,(H,17,18)/t9-,11-,12-/m0/s1. The van der Waals surface area contributed by atoms with Crippen LogP contribution in [0.2, 0.25) is 0 Å². The van der Waals surface area contributed by atoms with Crippen LogP contribution in [-0.2, 0) is 4.79 Å². The van der Waals surface area contributed by atoms with Gasteiger partial charge in [0.05, 0.1) is 11.8 Å². The van der Waals surface area contributed by atoms with Gasteiger partial charge in [0.25, 0.3) is 5.91 Å². The quantitative estimate of drug-likeness (QED) is 0.887. The first kappa shape index (κ1) is 12.3. The zero-order chi connectivity index (χ0) is 13.4. The highest BCUT2D eigenvalue weighted by molar-refractivity contribution is 5.97. The van der Waals surface area contributed by atoms with Crippen LogP contribution in [0.1, 0.15) is 42.5 Å². The second-order valence-electron chi connectivity index (χ2n) is 5.43. The van der Waals surface area contributed by atoms with Gasteiger partial charge in [0.1, 0.15) is 12.3 Å². The molecule has 0 radical (unpaired) electrons. The number of aliphatic carboxylic acids is 1. The first-order valence-corrected chi connectivity index (χ1v) is 6.76. The van der Waals surface area contributed by atoms with Crippen LogP contribution in [0.3, 0.4) is 0 Å². The van der Waals surface area contributed by atoms with Crippen molar-refractivity contribution in [3.63, 3.8) is 0 Å². The van der Waals surface area contributed by atoms with Gasteiger partial charge in [0, 0.05) is 6.04 Å². The number of hydrogen-bond donors (Lipinski definition) is 1. The van der Waals surface area contributed by atoms with Crippen LogP contribution >= 0.6 is 0 Å². The first-order valence-electron chi connectivity index (χ1n) is 6.76. The molecule has 0 bridgehead atoms. The van der Waals surface area contributed by atoms with Gasteiger partial charge in [0.15, 0.2) is 0 Å². The lowest BCUT2D eigenvalue weighted by molar-refractivity contribution is -0.141. The summed E-state index contributed by atoms with van der Waals surface area (Å²) in [5.41, 5.74) is 0.442. The molecular weight excluding hydrogens is 246 g/mol. The molecule has 2 aliphatic rings. The van der Waals surface area contributed by atoms with Crippen LogP contribution in [0.25, 0.3) is 0 Å². The lowest BCUT2D eigenvalue weighted by atomic mass is 9.84. The molecule has 2 heterocycles. The van der Waals surface area contributed by atoms with Gasteiger partial charge in [-0.1, -0.05) is 12.8 Å². The van der Waals surface area contributed by atoms with Gasteiger partial charge in [-0.2, -0.15) is 0 Å². The van der Waals surface area contributed by atoms with E-state index in [0.29, 0.717) is 17.9 Å². The molecule has 19 heavy (non-hydrogen) atoms. The van der Waals surface area contributed by atoms with Crippen LogP contribution in [0.4, 0.5) is 0 Å². The van der Waals surface area contributed by atoms with Crippen LogP contribution in [0, 0.1) is 5.92 Å². The number of hydrogen-bond acceptors (Lipinski definition) is 3. The van der Waals surface area contributed by atoms with Gasteiger partial charge >= 0.3 is 5.97 Å². The summed E-state index contributed by atoms with van der Waals surface area (Å²) in [4.78, 5) is 25.5. The van der Waals surface area contributed by atoms with E-state index in [9.17, 15) is 14.7 Å². The van der Waals surface area contributed by atoms with E-state index >= 15 is 0 Å². The van der Waals surface area contributed by atoms with E-state index in [1.54, 1.807) is 11.0 Å². The summed E-state index contributed by atoms with van der Waals surface area (Å²) in [6.45, 7) is 0. The maximum Gasteiger partial charge on any atom is 0.326 e. The van der Waals surface area contributed by atoms with Crippen molar-refractivity contribution >= 4 is 11.9 Å². The zero-order valence-electron chi connectivity index (χ0n) is 10.6. The third-order valence-electron chi connectivity index (χ3n) is 4.38. The van der Waals surface area contributed by atoms with Crippen molar-refractivity contribution < 1.29 is 19.1 Å². The second kappa shape index (κ2) is 4.72. The maximum absolute atomic E-state index is 12.5. The Kier molecular flexibility index (Phi) is 3.05. The molecule has 1 aromatic rings. The second-order valence-corrected chi connectivity index (χ2v) is 5.43. The van der Waals surface area contributed by atoms with E-state index < -0.39 is 12.0 Å². The van der Waals surface area contributed by atoms with E-state index in [0.717, 1.165) is 25.7 Å². The number of furan rings is 1. The summed E-state index contributed by atoms with van der Waals surface area (Å²) in [7, 11) is 0. The summed E-state index contributed by atoms with van der Waals surface area (Å²) < 4.78 is 4.93. The number of carboxylic acid groups (broad SMARTS) is 1. The molecule has 1 saturated carbocycles. The van der Waals surface area contributed by atoms with Crippen molar-refractivity contribution in [1.82, 2.24) is 4.90 Å². The number of likely N-dealkylation sites (tertiary alicyclic amines) is 1. The van der Waals surface area contributed by atoms with Gasteiger partial charge < -0.3 is 14.4 Å². The van der Waals surface area contributed by atoms with Gasteiger partial charge in [-0.15, -0.1) is 0 Å². The Bertz CT molecular complexity index is 482. The zero-order valence-corrected chi connectivity index (χ0v) is 10.6. The molecule has 1 aromatic heterocycles. The van der Waals surface area contributed by atoms with E-state index in [2.05, 4.69) is 0 Å². The molecule has 3 rings (SSSR count). The van der Waals surface area contributed by atoms with Crippen molar-refractivity contribution in [3.8, 4) is 0 Å².